The number of anilines is 2. The van der Waals surface area contributed by atoms with Gasteiger partial charge in [-0.25, -0.2) is 9.18 Å². The monoisotopic (exact) mass is 372 g/mol. The fraction of sp³-hybridized carbons (Fsp3) is 0.0526. The first-order valence-corrected chi connectivity index (χ1v) is 7.96. The third-order valence-electron chi connectivity index (χ3n) is 3.72. The van der Waals surface area contributed by atoms with Crippen LogP contribution in [0.2, 0.25) is 5.02 Å². The Hall–Kier alpha value is -3.12. The molecule has 1 aromatic heterocycles. The molecule has 0 saturated heterocycles. The van der Waals surface area contributed by atoms with Gasteiger partial charge in [0.1, 0.15) is 11.6 Å². The number of ether oxygens (including phenoxy) is 1. The average molecular weight is 373 g/mol. The number of benzene rings is 2. The molecular formula is C19H14ClFN2O3. The quantitative estimate of drug-likeness (QED) is 0.660. The maximum absolute atomic E-state index is 14.3. The van der Waals surface area contributed by atoms with Gasteiger partial charge in [0.2, 0.25) is 0 Å². The molecule has 3 aromatic rings. The van der Waals surface area contributed by atoms with Gasteiger partial charge < -0.3 is 15.2 Å². The molecule has 0 saturated carbocycles. The van der Waals surface area contributed by atoms with Crippen LogP contribution in [0.3, 0.4) is 0 Å². The standard InChI is InChI=1S/C19H14ClFN2O3/c1-26-12-5-7-16(14(10-12)19(24)25)23-17-3-2-8-22-18(17)13-6-4-11(20)9-15(13)21/h2-10,23H,1H3,(H,24,25). The van der Waals surface area contributed by atoms with Gasteiger partial charge >= 0.3 is 5.97 Å². The van der Waals surface area contributed by atoms with Crippen LogP contribution in [0.1, 0.15) is 10.4 Å². The van der Waals surface area contributed by atoms with Crippen LogP contribution in [0.4, 0.5) is 15.8 Å². The minimum Gasteiger partial charge on any atom is -0.497 e. The van der Waals surface area contributed by atoms with E-state index in [9.17, 15) is 14.3 Å². The molecule has 2 aromatic carbocycles. The summed E-state index contributed by atoms with van der Waals surface area (Å²) in [5.41, 5.74) is 1.41. The Morgan fingerprint density at radius 1 is 1.19 bits per heavy atom. The van der Waals surface area contributed by atoms with Crippen LogP contribution in [0.5, 0.6) is 5.75 Å². The molecule has 1 heterocycles. The lowest BCUT2D eigenvalue weighted by atomic mass is 10.1. The molecule has 3 rings (SSSR count). The van der Waals surface area contributed by atoms with Crippen molar-refractivity contribution in [2.24, 2.45) is 0 Å². The van der Waals surface area contributed by atoms with E-state index in [0.29, 0.717) is 22.8 Å². The number of rotatable bonds is 5. The van der Waals surface area contributed by atoms with E-state index in [-0.39, 0.29) is 16.1 Å². The van der Waals surface area contributed by atoms with Gasteiger partial charge in [-0.2, -0.15) is 0 Å². The molecular weight excluding hydrogens is 359 g/mol. The maximum atomic E-state index is 14.3. The SMILES string of the molecule is COc1ccc(Nc2cccnc2-c2ccc(Cl)cc2F)c(C(=O)O)c1. The predicted molar refractivity (Wildman–Crippen MR) is 97.9 cm³/mol. The first-order valence-electron chi connectivity index (χ1n) is 7.58. The van der Waals surface area contributed by atoms with Gasteiger partial charge in [-0.3, -0.25) is 4.98 Å². The molecule has 0 unspecified atom stereocenters. The molecule has 132 valence electrons. The van der Waals surface area contributed by atoms with E-state index < -0.39 is 11.8 Å². The molecule has 7 heteroatoms. The summed E-state index contributed by atoms with van der Waals surface area (Å²) in [6, 6.07) is 12.3. The molecule has 2 N–H and O–H groups in total. The molecule has 5 nitrogen and oxygen atoms in total. The number of carboxylic acid groups (broad SMARTS) is 1. The Morgan fingerprint density at radius 2 is 2.00 bits per heavy atom. The molecule has 0 aliphatic rings. The van der Waals surface area contributed by atoms with Crippen LogP contribution >= 0.6 is 11.6 Å². The van der Waals surface area contributed by atoms with E-state index >= 15 is 0 Å². The van der Waals surface area contributed by atoms with E-state index in [1.807, 2.05) is 0 Å². The molecule has 0 amide bonds. The summed E-state index contributed by atoms with van der Waals surface area (Å²) >= 11 is 5.80. The second kappa shape index (κ2) is 7.41. The molecule has 0 radical (unpaired) electrons. The Balaban J connectivity index is 2.06. The topological polar surface area (TPSA) is 71.5 Å². The number of hydrogen-bond donors (Lipinski definition) is 2. The van der Waals surface area contributed by atoms with E-state index in [2.05, 4.69) is 10.3 Å². The van der Waals surface area contributed by atoms with E-state index in [1.165, 1.54) is 31.5 Å². The Kier molecular flexibility index (Phi) is 5.04. The summed E-state index contributed by atoms with van der Waals surface area (Å²) < 4.78 is 19.4. The van der Waals surface area contributed by atoms with Crippen molar-refractivity contribution < 1.29 is 19.0 Å². The van der Waals surface area contributed by atoms with Crippen LogP contribution in [0.25, 0.3) is 11.3 Å². The summed E-state index contributed by atoms with van der Waals surface area (Å²) in [7, 11) is 1.45. The zero-order chi connectivity index (χ0) is 18.7. The highest BCUT2D eigenvalue weighted by atomic mass is 35.5. The third kappa shape index (κ3) is 3.60. The van der Waals surface area contributed by atoms with Gasteiger partial charge in [-0.1, -0.05) is 11.6 Å². The molecule has 0 bridgehead atoms. The lowest BCUT2D eigenvalue weighted by molar-refractivity contribution is 0.0697. The van der Waals surface area contributed by atoms with Gasteiger partial charge in [0, 0.05) is 16.8 Å². The second-order valence-electron chi connectivity index (χ2n) is 5.37. The van der Waals surface area contributed by atoms with Crippen LogP contribution < -0.4 is 10.1 Å². The summed E-state index contributed by atoms with van der Waals surface area (Å²) in [6.07, 6.45) is 1.53. The van der Waals surface area contributed by atoms with Crippen molar-refractivity contribution in [1.29, 1.82) is 0 Å². The number of nitrogens with one attached hydrogen (secondary N) is 1. The van der Waals surface area contributed by atoms with Gasteiger partial charge in [-0.15, -0.1) is 0 Å². The van der Waals surface area contributed by atoms with Crippen LogP contribution in [0, 0.1) is 5.82 Å². The van der Waals surface area contributed by atoms with E-state index in [1.54, 1.807) is 30.3 Å². The Morgan fingerprint density at radius 3 is 2.69 bits per heavy atom. The number of carbonyl (C=O) groups is 1. The summed E-state index contributed by atoms with van der Waals surface area (Å²) in [5.74, 6) is -1.22. The fourth-order valence-corrected chi connectivity index (χ4v) is 2.64. The number of methoxy groups -OCH3 is 1. The largest absolute Gasteiger partial charge is 0.497 e. The molecule has 0 fully saturated rings. The van der Waals surface area contributed by atoms with Crippen molar-refractivity contribution >= 4 is 28.9 Å². The smallest absolute Gasteiger partial charge is 0.337 e. The Labute approximate surface area is 154 Å². The summed E-state index contributed by atoms with van der Waals surface area (Å²) in [4.78, 5) is 15.8. The van der Waals surface area contributed by atoms with E-state index in [0.717, 1.165) is 0 Å². The minimum absolute atomic E-state index is 0.0238. The number of aromatic carboxylic acids is 1. The average Bonchev–Trinajstić information content (AvgIpc) is 2.63. The molecule has 0 atom stereocenters. The minimum atomic E-state index is -1.12. The van der Waals surface area contributed by atoms with Crippen molar-refractivity contribution in [3.63, 3.8) is 0 Å². The number of aromatic nitrogens is 1. The first kappa shape index (κ1) is 17.7. The van der Waals surface area contributed by atoms with Gasteiger partial charge in [0.05, 0.1) is 29.7 Å². The van der Waals surface area contributed by atoms with Crippen molar-refractivity contribution in [3.8, 4) is 17.0 Å². The van der Waals surface area contributed by atoms with Gasteiger partial charge in [0.15, 0.2) is 0 Å². The number of hydrogen-bond acceptors (Lipinski definition) is 4. The maximum Gasteiger partial charge on any atom is 0.337 e. The lowest BCUT2D eigenvalue weighted by Crippen LogP contribution is -2.04. The third-order valence-corrected chi connectivity index (χ3v) is 3.96. The highest BCUT2D eigenvalue weighted by molar-refractivity contribution is 6.30. The highest BCUT2D eigenvalue weighted by Crippen LogP contribution is 2.33. The number of pyridine rings is 1. The zero-order valence-corrected chi connectivity index (χ0v) is 14.4. The van der Waals surface area contributed by atoms with Crippen LogP contribution in [-0.2, 0) is 0 Å². The van der Waals surface area contributed by atoms with E-state index in [4.69, 9.17) is 16.3 Å². The van der Waals surface area contributed by atoms with Gasteiger partial charge in [-0.05, 0) is 48.5 Å². The number of carboxylic acids is 1. The normalized spacial score (nSPS) is 10.4. The van der Waals surface area contributed by atoms with Crippen molar-refractivity contribution in [3.05, 3.63) is 71.1 Å². The fourth-order valence-electron chi connectivity index (χ4n) is 2.48. The van der Waals surface area contributed by atoms with Gasteiger partial charge in [0.25, 0.3) is 0 Å². The second-order valence-corrected chi connectivity index (χ2v) is 5.80. The summed E-state index contributed by atoms with van der Waals surface area (Å²) in [6.45, 7) is 0. The molecule has 0 aliphatic heterocycles. The van der Waals surface area contributed by atoms with Crippen LogP contribution in [-0.4, -0.2) is 23.2 Å². The Bertz CT molecular complexity index is 979. The van der Waals surface area contributed by atoms with Crippen molar-refractivity contribution in [1.82, 2.24) is 4.98 Å². The lowest BCUT2D eigenvalue weighted by Gasteiger charge is -2.14. The molecule has 0 aliphatic carbocycles. The molecule has 0 spiro atoms. The van der Waals surface area contributed by atoms with Crippen molar-refractivity contribution in [2.75, 3.05) is 12.4 Å². The first-order chi connectivity index (χ1) is 12.5. The highest BCUT2D eigenvalue weighted by Gasteiger charge is 2.16. The summed E-state index contributed by atoms with van der Waals surface area (Å²) in [5, 5.41) is 12.7. The van der Waals surface area contributed by atoms with Crippen LogP contribution in [0.15, 0.2) is 54.7 Å². The van der Waals surface area contributed by atoms with Crippen molar-refractivity contribution in [2.45, 2.75) is 0 Å². The predicted octanol–water partition coefficient (Wildman–Crippen LogP) is 4.99. The number of nitrogens with zero attached hydrogens (tertiary/aromatic N) is 1. The number of halogens is 2. The zero-order valence-electron chi connectivity index (χ0n) is 13.7. The molecule has 26 heavy (non-hydrogen) atoms.